The quantitative estimate of drug-likeness (QED) is 0.243. The predicted octanol–water partition coefficient (Wildman–Crippen LogP) is 6.43. The van der Waals surface area contributed by atoms with Gasteiger partial charge in [-0.3, -0.25) is 4.79 Å². The Morgan fingerprint density at radius 1 is 1.00 bits per heavy atom. The maximum absolute atomic E-state index is 12.4. The van der Waals surface area contributed by atoms with Crippen LogP contribution in [0.4, 0.5) is 9.59 Å². The van der Waals surface area contributed by atoms with E-state index in [1.54, 1.807) is 19.3 Å². The number of carbonyl (C=O) groups is 2. The van der Waals surface area contributed by atoms with Crippen LogP contribution in [-0.2, 0) is 24.8 Å². The van der Waals surface area contributed by atoms with Crippen molar-refractivity contribution in [3.63, 3.8) is 0 Å². The van der Waals surface area contributed by atoms with E-state index >= 15 is 0 Å². The molecule has 2 atom stereocenters. The summed E-state index contributed by atoms with van der Waals surface area (Å²) >= 11 is 6.93. The third-order valence-corrected chi connectivity index (χ3v) is 8.37. The molecule has 8 nitrogen and oxygen atoms in total. The van der Waals surface area contributed by atoms with Crippen molar-refractivity contribution < 1.29 is 19.4 Å². The van der Waals surface area contributed by atoms with Gasteiger partial charge < -0.3 is 24.6 Å². The Hall–Kier alpha value is -4.56. The number of nitrogens with zero attached hydrogens (tertiary/aromatic N) is 2. The summed E-state index contributed by atoms with van der Waals surface area (Å²) in [4.78, 5) is 37.9. The molecule has 0 aliphatic carbocycles. The number of hydrogen-bond acceptors (Lipinski definition) is 4. The van der Waals surface area contributed by atoms with E-state index in [1.165, 1.54) is 9.47 Å². The molecule has 2 unspecified atom stereocenters. The molecule has 1 aromatic heterocycles. The fourth-order valence-electron chi connectivity index (χ4n) is 5.72. The first-order chi connectivity index (χ1) is 20.8. The number of nitrogens with one attached hydrogen (secondary N) is 1. The Morgan fingerprint density at radius 3 is 2.51 bits per heavy atom. The van der Waals surface area contributed by atoms with Crippen LogP contribution < -0.4 is 10.9 Å². The topological polar surface area (TPSA) is 101 Å². The first kappa shape index (κ1) is 29.9. The van der Waals surface area contributed by atoms with E-state index in [0.29, 0.717) is 31.0 Å². The fraction of sp³-hybridized carbons (Fsp3) is 0.265. The number of carboxylic acid groups (broad SMARTS) is 1. The number of aromatic nitrogens is 1. The van der Waals surface area contributed by atoms with Gasteiger partial charge in [0.25, 0.3) is 5.56 Å². The number of rotatable bonds is 8. The lowest BCUT2D eigenvalue weighted by molar-refractivity contribution is 0.125. The lowest BCUT2D eigenvalue weighted by Crippen LogP contribution is -2.41. The lowest BCUT2D eigenvalue weighted by Gasteiger charge is -2.38. The van der Waals surface area contributed by atoms with Crippen molar-refractivity contribution in [1.82, 2.24) is 14.8 Å². The molecule has 0 spiro atoms. The highest BCUT2D eigenvalue weighted by atomic mass is 35.5. The van der Waals surface area contributed by atoms with E-state index in [0.717, 1.165) is 33.4 Å². The summed E-state index contributed by atoms with van der Waals surface area (Å²) in [6, 6.07) is 26.9. The molecule has 0 saturated carbocycles. The summed E-state index contributed by atoms with van der Waals surface area (Å²) in [5.41, 5.74) is 5.52. The minimum atomic E-state index is -0.966. The van der Waals surface area contributed by atoms with Gasteiger partial charge in [0.15, 0.2) is 0 Å². The van der Waals surface area contributed by atoms with Crippen LogP contribution in [0.2, 0.25) is 5.02 Å². The monoisotopic (exact) mass is 599 g/mol. The Kier molecular flexibility index (Phi) is 9.47. The zero-order valence-electron chi connectivity index (χ0n) is 23.9. The first-order valence-electron chi connectivity index (χ1n) is 14.3. The van der Waals surface area contributed by atoms with Gasteiger partial charge in [-0.1, -0.05) is 78.3 Å². The van der Waals surface area contributed by atoms with E-state index < -0.39 is 12.2 Å². The fourth-order valence-corrected chi connectivity index (χ4v) is 6.04. The standard InChI is InChI=1S/C34H34ClN3O5/c1-37-17-14-26(20-32(37)39)28-15-18-38(34(41)42)21-30(28)29-12-11-25(19-31(29)35)27-10-6-5-9-24(27)13-16-36-33(40)43-22-23-7-3-2-4-8-23/h2-12,14,17,19-20,28,30H,13,15-16,18,21-22H2,1H3,(H,36,40)(H,41,42). The Balaban J connectivity index is 1.32. The van der Waals surface area contributed by atoms with Gasteiger partial charge in [0.1, 0.15) is 6.61 Å². The Labute approximate surface area is 255 Å². The summed E-state index contributed by atoms with van der Waals surface area (Å²) in [7, 11) is 1.71. The molecule has 0 bridgehead atoms. The van der Waals surface area contributed by atoms with E-state index in [2.05, 4.69) is 5.32 Å². The van der Waals surface area contributed by atoms with Crippen LogP contribution in [0.1, 0.15) is 40.5 Å². The van der Waals surface area contributed by atoms with Crippen LogP contribution in [0.15, 0.2) is 95.9 Å². The smallest absolute Gasteiger partial charge is 0.407 e. The van der Waals surface area contributed by atoms with E-state index in [9.17, 15) is 19.5 Å². The molecule has 5 rings (SSSR count). The summed E-state index contributed by atoms with van der Waals surface area (Å²) in [5, 5.41) is 13.1. The normalized spacial score (nSPS) is 16.5. The zero-order chi connectivity index (χ0) is 30.3. The molecule has 2 heterocycles. The molecule has 1 fully saturated rings. The summed E-state index contributed by atoms with van der Waals surface area (Å²) < 4.78 is 6.84. The van der Waals surface area contributed by atoms with E-state index in [4.69, 9.17) is 16.3 Å². The van der Waals surface area contributed by atoms with Crippen molar-refractivity contribution in [2.45, 2.75) is 31.3 Å². The number of benzene rings is 3. The van der Waals surface area contributed by atoms with Crippen molar-refractivity contribution in [2.24, 2.45) is 7.05 Å². The largest absolute Gasteiger partial charge is 0.465 e. The highest BCUT2D eigenvalue weighted by molar-refractivity contribution is 6.31. The molecule has 2 N–H and O–H groups in total. The highest BCUT2D eigenvalue weighted by Crippen LogP contribution is 2.43. The number of alkyl carbamates (subject to hydrolysis) is 1. The average Bonchev–Trinajstić information content (AvgIpc) is 3.02. The molecular weight excluding hydrogens is 566 g/mol. The highest BCUT2D eigenvalue weighted by Gasteiger charge is 2.35. The minimum Gasteiger partial charge on any atom is -0.465 e. The van der Waals surface area contributed by atoms with Gasteiger partial charge in [0.2, 0.25) is 0 Å². The van der Waals surface area contributed by atoms with Crippen molar-refractivity contribution in [1.29, 1.82) is 0 Å². The molecule has 1 saturated heterocycles. The van der Waals surface area contributed by atoms with Crippen LogP contribution in [0.25, 0.3) is 11.1 Å². The van der Waals surface area contributed by atoms with Gasteiger partial charge >= 0.3 is 12.2 Å². The SMILES string of the molecule is Cn1ccc(C2CCN(C(=O)O)CC2c2ccc(-c3ccccc3CCNC(=O)OCc3ccccc3)cc2Cl)cc1=O. The van der Waals surface area contributed by atoms with Crippen molar-refractivity contribution in [3.05, 3.63) is 129 Å². The second-order valence-corrected chi connectivity index (χ2v) is 11.2. The van der Waals surface area contributed by atoms with Gasteiger partial charge in [0, 0.05) is 49.9 Å². The molecule has 1 aliphatic rings. The predicted molar refractivity (Wildman–Crippen MR) is 167 cm³/mol. The number of amides is 2. The molecular formula is C34H34ClN3O5. The maximum atomic E-state index is 12.4. The molecule has 2 amide bonds. The molecule has 9 heteroatoms. The number of piperidine rings is 1. The number of hydrogen-bond donors (Lipinski definition) is 2. The molecule has 4 aromatic rings. The summed E-state index contributed by atoms with van der Waals surface area (Å²) in [6.45, 7) is 1.29. The molecule has 1 aliphatic heterocycles. The van der Waals surface area contributed by atoms with E-state index in [-0.39, 0.29) is 30.5 Å². The third kappa shape index (κ3) is 7.27. The Morgan fingerprint density at radius 2 is 1.77 bits per heavy atom. The van der Waals surface area contributed by atoms with Crippen LogP contribution in [0.3, 0.4) is 0 Å². The minimum absolute atomic E-state index is 0.0483. The van der Waals surface area contributed by atoms with Crippen molar-refractivity contribution in [3.8, 4) is 11.1 Å². The maximum Gasteiger partial charge on any atom is 0.407 e. The molecule has 222 valence electrons. The second kappa shape index (κ2) is 13.6. The van der Waals surface area contributed by atoms with Crippen LogP contribution >= 0.6 is 11.6 Å². The van der Waals surface area contributed by atoms with E-state index in [1.807, 2.05) is 78.9 Å². The number of halogens is 1. The molecule has 0 radical (unpaired) electrons. The average molecular weight is 600 g/mol. The van der Waals surface area contributed by atoms with Gasteiger partial charge in [-0.15, -0.1) is 0 Å². The third-order valence-electron chi connectivity index (χ3n) is 8.04. The van der Waals surface area contributed by atoms with Crippen LogP contribution in [-0.4, -0.2) is 46.4 Å². The number of carbonyl (C=O) groups excluding carboxylic acids is 1. The van der Waals surface area contributed by atoms with Gasteiger partial charge in [-0.2, -0.15) is 0 Å². The van der Waals surface area contributed by atoms with Gasteiger partial charge in [0.05, 0.1) is 0 Å². The summed E-state index contributed by atoms with van der Waals surface area (Å²) in [5.74, 6) is -0.257. The van der Waals surface area contributed by atoms with Crippen LogP contribution in [0, 0.1) is 0 Å². The second-order valence-electron chi connectivity index (χ2n) is 10.8. The zero-order valence-corrected chi connectivity index (χ0v) is 24.7. The van der Waals surface area contributed by atoms with Gasteiger partial charge in [-0.25, -0.2) is 9.59 Å². The lowest BCUT2D eigenvalue weighted by atomic mass is 9.76. The first-order valence-corrected chi connectivity index (χ1v) is 14.6. The van der Waals surface area contributed by atoms with Crippen molar-refractivity contribution in [2.75, 3.05) is 19.6 Å². The van der Waals surface area contributed by atoms with Crippen LogP contribution in [0.5, 0.6) is 0 Å². The number of pyridine rings is 1. The molecule has 43 heavy (non-hydrogen) atoms. The van der Waals surface area contributed by atoms with Gasteiger partial charge in [-0.05, 0) is 64.3 Å². The van der Waals surface area contributed by atoms with Crippen molar-refractivity contribution >= 4 is 23.8 Å². The molecule has 3 aromatic carbocycles. The number of ether oxygens (including phenoxy) is 1. The number of aryl methyl sites for hydroxylation is 1. The summed E-state index contributed by atoms with van der Waals surface area (Å²) in [6.07, 6.45) is 1.50. The Bertz CT molecular complexity index is 1660. The number of likely N-dealkylation sites (tertiary alicyclic amines) is 1.